The molecule has 1 N–H and O–H groups in total. The molecule has 0 radical (unpaired) electrons. The van der Waals surface area contributed by atoms with Crippen molar-refractivity contribution in [2.75, 3.05) is 31.5 Å². The van der Waals surface area contributed by atoms with Gasteiger partial charge in [0.15, 0.2) is 0 Å². The lowest BCUT2D eigenvalue weighted by molar-refractivity contribution is -0.384. The first kappa shape index (κ1) is 15.4. The van der Waals surface area contributed by atoms with Crippen LogP contribution in [-0.2, 0) is 0 Å². The minimum atomic E-state index is -0.482. The van der Waals surface area contributed by atoms with Crippen molar-refractivity contribution in [3.63, 3.8) is 0 Å². The van der Waals surface area contributed by atoms with Gasteiger partial charge >= 0.3 is 0 Å². The smallest absolute Gasteiger partial charge is 0.293 e. The van der Waals surface area contributed by atoms with Gasteiger partial charge in [-0.05, 0) is 61.5 Å². The van der Waals surface area contributed by atoms with E-state index in [0.29, 0.717) is 6.54 Å². The number of hydrogen-bond donors (Lipinski definition) is 1. The number of anilines is 1. The summed E-state index contributed by atoms with van der Waals surface area (Å²) in [4.78, 5) is 12.9. The van der Waals surface area contributed by atoms with Gasteiger partial charge in [-0.1, -0.05) is 0 Å². The van der Waals surface area contributed by atoms with Gasteiger partial charge in [-0.25, -0.2) is 4.39 Å². The number of hydrogen-bond acceptors (Lipinski definition) is 4. The first-order valence-electron chi connectivity index (χ1n) is 6.67. The molecule has 110 valence electrons. The molecule has 0 aliphatic carbocycles. The first-order valence-corrected chi connectivity index (χ1v) is 7.75. The van der Waals surface area contributed by atoms with E-state index in [1.54, 1.807) is 22.6 Å². The third-order valence-corrected chi connectivity index (χ3v) is 4.23. The quantitative estimate of drug-likeness (QED) is 0.349. The maximum Gasteiger partial charge on any atom is 0.293 e. The molecule has 0 bridgehead atoms. The zero-order valence-corrected chi connectivity index (χ0v) is 13.2. The highest BCUT2D eigenvalue weighted by molar-refractivity contribution is 14.1. The van der Waals surface area contributed by atoms with Gasteiger partial charge in [-0.15, -0.1) is 0 Å². The maximum atomic E-state index is 13.5. The second-order valence-electron chi connectivity index (χ2n) is 4.87. The largest absolute Gasteiger partial charge is 0.379 e. The minimum Gasteiger partial charge on any atom is -0.379 e. The lowest BCUT2D eigenvalue weighted by Gasteiger charge is -2.14. The van der Waals surface area contributed by atoms with Crippen molar-refractivity contribution < 1.29 is 9.31 Å². The van der Waals surface area contributed by atoms with Crippen LogP contribution in [0.5, 0.6) is 0 Å². The van der Waals surface area contributed by atoms with Crippen molar-refractivity contribution >= 4 is 34.0 Å². The summed E-state index contributed by atoms with van der Waals surface area (Å²) in [5, 5.41) is 13.9. The standard InChI is InChI=1S/C13H17FIN3O2/c14-10-8-12(13(18(19)20)9-11(10)15)16-4-3-7-17-5-1-2-6-17/h8-9,16H,1-7H2. The molecule has 1 aliphatic rings. The summed E-state index contributed by atoms with van der Waals surface area (Å²) in [5.41, 5.74) is 0.186. The molecule has 2 rings (SSSR count). The van der Waals surface area contributed by atoms with Crippen LogP contribution in [0.4, 0.5) is 15.8 Å². The summed E-state index contributed by atoms with van der Waals surface area (Å²) in [6.07, 6.45) is 3.40. The number of likely N-dealkylation sites (tertiary alicyclic amines) is 1. The highest BCUT2D eigenvalue weighted by atomic mass is 127. The monoisotopic (exact) mass is 393 g/mol. The van der Waals surface area contributed by atoms with Crippen LogP contribution in [0.3, 0.4) is 0 Å². The van der Waals surface area contributed by atoms with Gasteiger partial charge in [0.2, 0.25) is 0 Å². The van der Waals surface area contributed by atoms with Gasteiger partial charge in [0, 0.05) is 18.7 Å². The summed E-state index contributed by atoms with van der Waals surface area (Å²) in [6.45, 7) is 3.86. The number of nitro benzene ring substituents is 1. The van der Waals surface area contributed by atoms with E-state index in [1.807, 2.05) is 0 Å². The van der Waals surface area contributed by atoms with Gasteiger partial charge in [0.25, 0.3) is 5.69 Å². The van der Waals surface area contributed by atoms with E-state index in [-0.39, 0.29) is 14.9 Å². The molecule has 1 fully saturated rings. The summed E-state index contributed by atoms with van der Waals surface area (Å²) in [5.74, 6) is -0.432. The fourth-order valence-corrected chi connectivity index (χ4v) is 2.81. The van der Waals surface area contributed by atoms with Crippen molar-refractivity contribution in [2.45, 2.75) is 19.3 Å². The zero-order valence-electron chi connectivity index (χ0n) is 11.1. The Morgan fingerprint density at radius 1 is 1.40 bits per heavy atom. The number of nitrogens with one attached hydrogen (secondary N) is 1. The van der Waals surface area contributed by atoms with Crippen molar-refractivity contribution in [2.24, 2.45) is 0 Å². The lowest BCUT2D eigenvalue weighted by atomic mass is 10.2. The second-order valence-corrected chi connectivity index (χ2v) is 6.03. The molecule has 0 unspecified atom stereocenters. The highest BCUT2D eigenvalue weighted by Gasteiger charge is 2.17. The van der Waals surface area contributed by atoms with Crippen LogP contribution in [0.1, 0.15) is 19.3 Å². The Kier molecular flexibility index (Phi) is 5.53. The Balaban J connectivity index is 1.90. The molecule has 7 heteroatoms. The van der Waals surface area contributed by atoms with Crippen LogP contribution in [0, 0.1) is 19.5 Å². The lowest BCUT2D eigenvalue weighted by Crippen LogP contribution is -2.22. The van der Waals surface area contributed by atoms with Crippen molar-refractivity contribution in [3.05, 3.63) is 31.6 Å². The fourth-order valence-electron chi connectivity index (χ4n) is 2.36. The van der Waals surface area contributed by atoms with E-state index in [4.69, 9.17) is 0 Å². The molecule has 0 spiro atoms. The van der Waals surface area contributed by atoms with Crippen molar-refractivity contribution in [1.82, 2.24) is 4.90 Å². The van der Waals surface area contributed by atoms with E-state index in [9.17, 15) is 14.5 Å². The maximum absolute atomic E-state index is 13.5. The Morgan fingerprint density at radius 3 is 2.75 bits per heavy atom. The Morgan fingerprint density at radius 2 is 2.10 bits per heavy atom. The van der Waals surface area contributed by atoms with Gasteiger partial charge < -0.3 is 10.2 Å². The van der Waals surface area contributed by atoms with Crippen LogP contribution in [0.2, 0.25) is 0 Å². The predicted molar refractivity (Wildman–Crippen MR) is 84.6 cm³/mol. The number of halogens is 2. The molecule has 0 amide bonds. The topological polar surface area (TPSA) is 58.4 Å². The van der Waals surface area contributed by atoms with Crippen molar-refractivity contribution in [1.29, 1.82) is 0 Å². The molecular weight excluding hydrogens is 376 g/mol. The van der Waals surface area contributed by atoms with Crippen molar-refractivity contribution in [3.8, 4) is 0 Å². The fraction of sp³-hybridized carbons (Fsp3) is 0.538. The predicted octanol–water partition coefficient (Wildman–Crippen LogP) is 3.24. The highest BCUT2D eigenvalue weighted by Crippen LogP contribution is 2.28. The normalized spacial score (nSPS) is 15.5. The zero-order chi connectivity index (χ0) is 14.5. The van der Waals surface area contributed by atoms with Crippen LogP contribution in [0.25, 0.3) is 0 Å². The van der Waals surface area contributed by atoms with Crippen LogP contribution in [-0.4, -0.2) is 36.0 Å². The molecule has 1 aliphatic heterocycles. The molecule has 0 aromatic heterocycles. The van der Waals surface area contributed by atoms with Gasteiger partial charge in [0.1, 0.15) is 11.5 Å². The Labute approximate surface area is 130 Å². The number of rotatable bonds is 6. The van der Waals surface area contributed by atoms with Gasteiger partial charge in [-0.2, -0.15) is 0 Å². The third kappa shape index (κ3) is 4.02. The molecule has 0 atom stereocenters. The molecular formula is C13H17FIN3O2. The summed E-state index contributed by atoms with van der Waals surface area (Å²) in [6, 6.07) is 2.47. The van der Waals surface area contributed by atoms with Crippen LogP contribution >= 0.6 is 22.6 Å². The summed E-state index contributed by atoms with van der Waals surface area (Å²) < 4.78 is 13.8. The SMILES string of the molecule is O=[N+]([O-])c1cc(I)c(F)cc1NCCCN1CCCC1. The van der Waals surface area contributed by atoms with E-state index in [1.165, 1.54) is 25.0 Å². The minimum absolute atomic E-state index is 0.0722. The summed E-state index contributed by atoms with van der Waals surface area (Å²) >= 11 is 1.76. The Hall–Kier alpha value is -0.960. The number of nitro groups is 1. The first-order chi connectivity index (χ1) is 9.58. The van der Waals surface area contributed by atoms with E-state index >= 15 is 0 Å². The van der Waals surface area contributed by atoms with E-state index in [0.717, 1.165) is 26.1 Å². The average Bonchev–Trinajstić information content (AvgIpc) is 2.91. The molecule has 0 saturated carbocycles. The summed E-state index contributed by atoms with van der Waals surface area (Å²) in [7, 11) is 0. The molecule has 1 saturated heterocycles. The molecule has 1 heterocycles. The number of benzene rings is 1. The third-order valence-electron chi connectivity index (χ3n) is 3.40. The van der Waals surface area contributed by atoms with Gasteiger partial charge in [-0.3, -0.25) is 10.1 Å². The van der Waals surface area contributed by atoms with E-state index in [2.05, 4.69) is 10.2 Å². The Bertz CT molecular complexity index is 493. The molecule has 1 aromatic carbocycles. The van der Waals surface area contributed by atoms with E-state index < -0.39 is 10.7 Å². The van der Waals surface area contributed by atoms with Crippen LogP contribution < -0.4 is 5.32 Å². The number of nitrogens with zero attached hydrogens (tertiary/aromatic N) is 2. The molecule has 5 nitrogen and oxygen atoms in total. The van der Waals surface area contributed by atoms with Gasteiger partial charge in [0.05, 0.1) is 8.49 Å². The average molecular weight is 393 g/mol. The molecule has 1 aromatic rings. The second kappa shape index (κ2) is 7.16. The molecule has 20 heavy (non-hydrogen) atoms. The van der Waals surface area contributed by atoms with Crippen LogP contribution in [0.15, 0.2) is 12.1 Å².